The van der Waals surface area contributed by atoms with Gasteiger partial charge in [-0.25, -0.2) is 4.39 Å². The topological polar surface area (TPSA) is 87.5 Å². The Hall–Kier alpha value is -2.39. The van der Waals surface area contributed by atoms with Gasteiger partial charge in [0.25, 0.3) is 0 Å². The molecule has 0 saturated carbocycles. The summed E-state index contributed by atoms with van der Waals surface area (Å²) in [6.45, 7) is 3.84. The predicted molar refractivity (Wildman–Crippen MR) is 108 cm³/mol. The van der Waals surface area contributed by atoms with Crippen LogP contribution in [0.1, 0.15) is 24.3 Å². The van der Waals surface area contributed by atoms with E-state index in [4.69, 9.17) is 4.52 Å². The molecule has 28 heavy (non-hydrogen) atoms. The van der Waals surface area contributed by atoms with Crippen molar-refractivity contribution in [3.63, 3.8) is 0 Å². The number of benzene rings is 1. The molecule has 1 heterocycles. The van der Waals surface area contributed by atoms with Crippen LogP contribution in [-0.2, 0) is 9.59 Å². The Morgan fingerprint density at radius 1 is 1.29 bits per heavy atom. The van der Waals surface area contributed by atoms with Crippen molar-refractivity contribution in [1.82, 2.24) is 15.4 Å². The number of aromatic nitrogens is 1. The standard InChI is InChI=1S/C19H25FN4O3S/c1-12-9-17(23-27-12)22-19(26)13(2)28-11-18(25)21-10-16(24(3)4)14-5-7-15(20)8-6-14/h5-9,13,16H,10-11H2,1-4H3,(H,21,25)(H,22,23,26). The first kappa shape index (κ1) is 21.9. The van der Waals surface area contributed by atoms with Crippen molar-refractivity contribution in [3.05, 3.63) is 47.5 Å². The summed E-state index contributed by atoms with van der Waals surface area (Å²) in [4.78, 5) is 26.2. The molecule has 0 saturated heterocycles. The number of hydrogen-bond donors (Lipinski definition) is 2. The highest BCUT2D eigenvalue weighted by Crippen LogP contribution is 2.18. The van der Waals surface area contributed by atoms with Gasteiger partial charge in [0.2, 0.25) is 11.8 Å². The van der Waals surface area contributed by atoms with Gasteiger partial charge < -0.3 is 20.1 Å². The Bertz CT molecular complexity index is 795. The minimum absolute atomic E-state index is 0.0781. The highest BCUT2D eigenvalue weighted by molar-refractivity contribution is 8.01. The van der Waals surface area contributed by atoms with Crippen molar-refractivity contribution in [3.8, 4) is 0 Å². The lowest BCUT2D eigenvalue weighted by atomic mass is 10.1. The number of halogens is 1. The molecule has 0 aliphatic carbocycles. The Balaban J connectivity index is 1.78. The number of thioether (sulfide) groups is 1. The second-order valence-electron chi connectivity index (χ2n) is 6.60. The van der Waals surface area contributed by atoms with E-state index in [0.717, 1.165) is 5.56 Å². The molecule has 0 radical (unpaired) electrons. The summed E-state index contributed by atoms with van der Waals surface area (Å²) in [7, 11) is 3.79. The van der Waals surface area contributed by atoms with Gasteiger partial charge in [0, 0.05) is 12.6 Å². The zero-order valence-corrected chi connectivity index (χ0v) is 17.2. The minimum atomic E-state index is -0.426. The van der Waals surface area contributed by atoms with Gasteiger partial charge in [-0.3, -0.25) is 9.59 Å². The molecule has 0 aliphatic rings. The largest absolute Gasteiger partial charge is 0.360 e. The fourth-order valence-electron chi connectivity index (χ4n) is 2.47. The molecule has 2 amide bonds. The third-order valence-corrected chi connectivity index (χ3v) is 5.23. The lowest BCUT2D eigenvalue weighted by molar-refractivity contribution is -0.118. The second-order valence-corrected chi connectivity index (χ2v) is 7.93. The van der Waals surface area contributed by atoms with Gasteiger partial charge in [-0.05, 0) is 45.6 Å². The number of nitrogens with one attached hydrogen (secondary N) is 2. The minimum Gasteiger partial charge on any atom is -0.360 e. The van der Waals surface area contributed by atoms with Crippen molar-refractivity contribution in [1.29, 1.82) is 0 Å². The molecule has 152 valence electrons. The zero-order chi connectivity index (χ0) is 20.7. The summed E-state index contributed by atoms with van der Waals surface area (Å²) in [6.07, 6.45) is 0. The van der Waals surface area contributed by atoms with Crippen molar-refractivity contribution in [2.75, 3.05) is 31.7 Å². The number of aryl methyl sites for hydroxylation is 1. The Kier molecular flexibility index (Phi) is 8.01. The first-order valence-corrected chi connectivity index (χ1v) is 9.85. The normalized spacial score (nSPS) is 13.2. The van der Waals surface area contributed by atoms with Gasteiger partial charge in [-0.2, -0.15) is 0 Å². The number of carbonyl (C=O) groups is 2. The first-order chi connectivity index (χ1) is 13.3. The van der Waals surface area contributed by atoms with Crippen LogP contribution in [0.4, 0.5) is 10.2 Å². The van der Waals surface area contributed by atoms with Crippen LogP contribution in [-0.4, -0.2) is 53.5 Å². The van der Waals surface area contributed by atoms with E-state index in [1.54, 1.807) is 32.0 Å². The highest BCUT2D eigenvalue weighted by Gasteiger charge is 2.18. The van der Waals surface area contributed by atoms with Crippen LogP contribution >= 0.6 is 11.8 Å². The highest BCUT2D eigenvalue weighted by atomic mass is 32.2. The fraction of sp³-hybridized carbons (Fsp3) is 0.421. The summed E-state index contributed by atoms with van der Waals surface area (Å²) in [5.74, 6) is 0.393. The smallest absolute Gasteiger partial charge is 0.238 e. The van der Waals surface area contributed by atoms with E-state index in [2.05, 4.69) is 15.8 Å². The Labute approximate surface area is 168 Å². The maximum absolute atomic E-state index is 13.1. The average Bonchev–Trinajstić information content (AvgIpc) is 3.05. The Morgan fingerprint density at radius 3 is 2.54 bits per heavy atom. The predicted octanol–water partition coefficient (Wildman–Crippen LogP) is 2.60. The van der Waals surface area contributed by atoms with Crippen LogP contribution in [0.25, 0.3) is 0 Å². The number of carbonyl (C=O) groups excluding carboxylic acids is 2. The van der Waals surface area contributed by atoms with E-state index < -0.39 is 5.25 Å². The number of hydrogen-bond acceptors (Lipinski definition) is 6. The van der Waals surface area contributed by atoms with Crippen LogP contribution in [0, 0.1) is 12.7 Å². The third-order valence-electron chi connectivity index (χ3n) is 4.08. The molecule has 2 aromatic rings. The molecule has 0 bridgehead atoms. The molecule has 1 aromatic heterocycles. The van der Waals surface area contributed by atoms with E-state index >= 15 is 0 Å². The average molecular weight is 408 g/mol. The maximum atomic E-state index is 13.1. The van der Waals surface area contributed by atoms with Crippen LogP contribution in [0.2, 0.25) is 0 Å². The third kappa shape index (κ3) is 6.65. The van der Waals surface area contributed by atoms with Gasteiger partial charge in [-0.1, -0.05) is 17.3 Å². The van der Waals surface area contributed by atoms with Crippen molar-refractivity contribution >= 4 is 29.4 Å². The molecule has 7 nitrogen and oxygen atoms in total. The van der Waals surface area contributed by atoms with E-state index in [0.29, 0.717) is 18.1 Å². The molecule has 0 spiro atoms. The fourth-order valence-corrected chi connectivity index (χ4v) is 3.19. The summed E-state index contributed by atoms with van der Waals surface area (Å²) in [6, 6.07) is 7.77. The zero-order valence-electron chi connectivity index (χ0n) is 16.4. The molecular weight excluding hydrogens is 383 g/mol. The summed E-state index contributed by atoms with van der Waals surface area (Å²) in [5.41, 5.74) is 0.912. The molecule has 2 N–H and O–H groups in total. The number of anilines is 1. The van der Waals surface area contributed by atoms with Gasteiger partial charge in [-0.15, -0.1) is 11.8 Å². The summed E-state index contributed by atoms with van der Waals surface area (Å²) >= 11 is 1.23. The molecule has 0 aliphatic heterocycles. The van der Waals surface area contributed by atoms with E-state index in [1.165, 1.54) is 23.9 Å². The molecule has 0 fully saturated rings. The van der Waals surface area contributed by atoms with Gasteiger partial charge in [0.05, 0.1) is 17.0 Å². The molecule has 2 rings (SSSR count). The monoisotopic (exact) mass is 408 g/mol. The van der Waals surface area contributed by atoms with E-state index in [1.807, 2.05) is 19.0 Å². The van der Waals surface area contributed by atoms with Crippen molar-refractivity contribution in [2.45, 2.75) is 25.1 Å². The lowest BCUT2D eigenvalue weighted by Crippen LogP contribution is -2.36. The van der Waals surface area contributed by atoms with Crippen molar-refractivity contribution < 1.29 is 18.5 Å². The molecular formula is C19H25FN4O3S. The van der Waals surface area contributed by atoms with Crippen molar-refractivity contribution in [2.24, 2.45) is 0 Å². The van der Waals surface area contributed by atoms with Crippen LogP contribution in [0.15, 0.2) is 34.9 Å². The molecule has 2 unspecified atom stereocenters. The Morgan fingerprint density at radius 2 is 1.96 bits per heavy atom. The van der Waals surface area contributed by atoms with Gasteiger partial charge in [0.15, 0.2) is 5.82 Å². The second kappa shape index (κ2) is 10.2. The SMILES string of the molecule is Cc1cc(NC(=O)C(C)SCC(=O)NCC(c2ccc(F)cc2)N(C)C)no1. The molecule has 9 heteroatoms. The first-order valence-electron chi connectivity index (χ1n) is 8.80. The number of nitrogens with zero attached hydrogens (tertiary/aromatic N) is 2. The van der Waals surface area contributed by atoms with E-state index in [9.17, 15) is 14.0 Å². The van der Waals surface area contributed by atoms with Crippen LogP contribution in [0.3, 0.4) is 0 Å². The lowest BCUT2D eigenvalue weighted by Gasteiger charge is -2.25. The number of likely N-dealkylation sites (N-methyl/N-ethyl adjacent to an activating group) is 1. The number of rotatable bonds is 9. The van der Waals surface area contributed by atoms with Gasteiger partial charge >= 0.3 is 0 Å². The molecule has 1 aromatic carbocycles. The quantitative estimate of drug-likeness (QED) is 0.663. The summed E-state index contributed by atoms with van der Waals surface area (Å²) in [5, 5.41) is 8.80. The molecule has 2 atom stereocenters. The maximum Gasteiger partial charge on any atom is 0.238 e. The van der Waals surface area contributed by atoms with Crippen LogP contribution in [0.5, 0.6) is 0 Å². The summed E-state index contributed by atoms with van der Waals surface area (Å²) < 4.78 is 18.0. The van der Waals surface area contributed by atoms with Gasteiger partial charge in [0.1, 0.15) is 11.6 Å². The van der Waals surface area contributed by atoms with Crippen LogP contribution < -0.4 is 10.6 Å². The number of amides is 2. The van der Waals surface area contributed by atoms with E-state index in [-0.39, 0.29) is 29.4 Å².